The minimum atomic E-state index is -5.16. The molecule has 1 amide bonds. The van der Waals surface area contributed by atoms with E-state index in [1.165, 1.54) is 0 Å². The van der Waals surface area contributed by atoms with Gasteiger partial charge in [0.15, 0.2) is 5.69 Å². The van der Waals surface area contributed by atoms with Crippen molar-refractivity contribution in [1.82, 2.24) is 9.88 Å². The molecule has 2 rings (SSSR count). The summed E-state index contributed by atoms with van der Waals surface area (Å²) >= 11 is 0. The molecule has 1 aromatic rings. The third-order valence-corrected chi connectivity index (χ3v) is 3.62. The van der Waals surface area contributed by atoms with Gasteiger partial charge in [0.1, 0.15) is 5.69 Å². The molecule has 0 saturated heterocycles. The Balaban J connectivity index is 2.86. The molecule has 1 aliphatic heterocycles. The number of hydrogen-bond acceptors (Lipinski definition) is 4. The molecule has 0 radical (unpaired) electrons. The quantitative estimate of drug-likeness (QED) is 0.619. The topological polar surface area (TPSA) is 59.5 Å². The molecular weight excluding hydrogens is 339 g/mol. The smallest absolute Gasteiger partial charge is 0.434 e. The second-order valence-corrected chi connectivity index (χ2v) is 5.39. The highest BCUT2D eigenvalue weighted by atomic mass is 19.4. The van der Waals surface area contributed by atoms with Crippen LogP contribution in [-0.4, -0.2) is 34.9 Å². The maximum atomic E-state index is 13.2. The Hall–Kier alpha value is -2.26. The van der Waals surface area contributed by atoms with E-state index >= 15 is 0 Å². The number of amides is 1. The van der Waals surface area contributed by atoms with Gasteiger partial charge in [-0.2, -0.15) is 13.2 Å². The lowest BCUT2D eigenvalue weighted by Gasteiger charge is -2.20. The highest BCUT2D eigenvalue weighted by Gasteiger charge is 2.46. The average molecular weight is 352 g/mol. The molecule has 132 valence electrons. The molecule has 0 unspecified atom stereocenters. The zero-order valence-corrected chi connectivity index (χ0v) is 12.9. The molecule has 0 spiro atoms. The third kappa shape index (κ3) is 2.80. The number of pyridine rings is 1. The van der Waals surface area contributed by atoms with E-state index in [1.807, 2.05) is 0 Å². The summed E-state index contributed by atoms with van der Waals surface area (Å²) in [7, 11) is 0.854. The maximum absolute atomic E-state index is 13.2. The van der Waals surface area contributed by atoms with Gasteiger partial charge in [0, 0.05) is 18.2 Å². The van der Waals surface area contributed by atoms with Gasteiger partial charge in [-0.1, -0.05) is 0 Å². The first-order chi connectivity index (χ1) is 11.0. The standard InChI is InChI=1S/C14H13F5N2O3/c1-5(2)21-4-6-7(12(21)22)9(11(15)16)20-10(14(17,18)19)8(6)13(23)24-3/h5,11H,4H2,1-3H3. The molecule has 1 aliphatic rings. The van der Waals surface area contributed by atoms with Crippen LogP contribution in [-0.2, 0) is 17.5 Å². The molecule has 0 aliphatic carbocycles. The molecule has 0 bridgehead atoms. The number of rotatable bonds is 3. The van der Waals surface area contributed by atoms with E-state index in [0.717, 1.165) is 12.0 Å². The normalized spacial score (nSPS) is 14.6. The molecular formula is C14H13F5N2O3. The van der Waals surface area contributed by atoms with Crippen LogP contribution in [0.5, 0.6) is 0 Å². The van der Waals surface area contributed by atoms with Crippen molar-refractivity contribution in [3.05, 3.63) is 28.1 Å². The SMILES string of the molecule is COC(=O)c1c(C(F)(F)F)nc(C(F)F)c2c1CN(C(C)C)C2=O. The van der Waals surface area contributed by atoms with E-state index in [1.54, 1.807) is 13.8 Å². The Bertz CT molecular complexity index is 701. The predicted octanol–water partition coefficient (Wildman–Crippen LogP) is 3.19. The minimum absolute atomic E-state index is 0.401. The number of esters is 1. The van der Waals surface area contributed by atoms with Crippen LogP contribution < -0.4 is 0 Å². The summed E-state index contributed by atoms with van der Waals surface area (Å²) in [6.07, 6.45) is -8.56. The van der Waals surface area contributed by atoms with E-state index in [9.17, 15) is 31.5 Å². The van der Waals surface area contributed by atoms with Crippen LogP contribution in [0.25, 0.3) is 0 Å². The number of carbonyl (C=O) groups is 2. The van der Waals surface area contributed by atoms with Gasteiger partial charge < -0.3 is 9.64 Å². The number of hydrogen-bond donors (Lipinski definition) is 0. The lowest BCUT2D eigenvalue weighted by molar-refractivity contribution is -0.142. The zero-order valence-electron chi connectivity index (χ0n) is 12.9. The first-order valence-corrected chi connectivity index (χ1v) is 6.82. The molecule has 0 N–H and O–H groups in total. The Morgan fingerprint density at radius 2 is 1.88 bits per heavy atom. The van der Waals surface area contributed by atoms with Crippen LogP contribution in [0.3, 0.4) is 0 Å². The first kappa shape index (κ1) is 18.1. The van der Waals surface area contributed by atoms with Crippen molar-refractivity contribution >= 4 is 11.9 Å². The van der Waals surface area contributed by atoms with E-state index in [-0.39, 0.29) is 0 Å². The number of aromatic nitrogens is 1. The van der Waals surface area contributed by atoms with Gasteiger partial charge in [-0.05, 0) is 13.8 Å². The lowest BCUT2D eigenvalue weighted by atomic mass is 9.99. The summed E-state index contributed by atoms with van der Waals surface area (Å²) in [5, 5.41) is 0. The highest BCUT2D eigenvalue weighted by molar-refractivity contribution is 6.04. The number of nitrogens with zero attached hydrogens (tertiary/aromatic N) is 2. The van der Waals surface area contributed by atoms with Gasteiger partial charge >= 0.3 is 12.1 Å². The summed E-state index contributed by atoms with van der Waals surface area (Å²) in [6.45, 7) is 2.74. The van der Waals surface area contributed by atoms with Gasteiger partial charge in [-0.25, -0.2) is 18.6 Å². The summed E-state index contributed by atoms with van der Waals surface area (Å²) in [4.78, 5) is 28.1. The highest BCUT2D eigenvalue weighted by Crippen LogP contribution is 2.40. The molecule has 0 saturated carbocycles. The summed E-state index contributed by atoms with van der Waals surface area (Å²) < 4.78 is 70.3. The number of carbonyl (C=O) groups excluding carboxylic acids is 2. The molecule has 5 nitrogen and oxygen atoms in total. The van der Waals surface area contributed by atoms with Gasteiger partial charge in [-0.15, -0.1) is 0 Å². The summed E-state index contributed by atoms with van der Waals surface area (Å²) in [5.74, 6) is -2.27. The van der Waals surface area contributed by atoms with Crippen molar-refractivity contribution < 1.29 is 36.3 Å². The molecule has 2 heterocycles. The molecule has 0 aromatic carbocycles. The first-order valence-electron chi connectivity index (χ1n) is 6.82. The van der Waals surface area contributed by atoms with Crippen LogP contribution in [0.1, 0.15) is 57.9 Å². The van der Waals surface area contributed by atoms with Crippen molar-refractivity contribution in [3.8, 4) is 0 Å². The van der Waals surface area contributed by atoms with Crippen molar-refractivity contribution in [2.45, 2.75) is 39.0 Å². The molecule has 0 atom stereocenters. The Morgan fingerprint density at radius 3 is 2.29 bits per heavy atom. The maximum Gasteiger partial charge on any atom is 0.434 e. The molecule has 1 aromatic heterocycles. The fraction of sp³-hybridized carbons (Fsp3) is 0.500. The fourth-order valence-corrected chi connectivity index (χ4v) is 2.54. The van der Waals surface area contributed by atoms with Crippen LogP contribution in [0.2, 0.25) is 0 Å². The molecule has 10 heteroatoms. The number of halogens is 5. The second-order valence-electron chi connectivity index (χ2n) is 5.39. The number of alkyl halides is 5. The van der Waals surface area contributed by atoms with Crippen LogP contribution in [0, 0.1) is 0 Å². The Morgan fingerprint density at radius 1 is 1.29 bits per heavy atom. The monoisotopic (exact) mass is 352 g/mol. The minimum Gasteiger partial charge on any atom is -0.465 e. The van der Waals surface area contributed by atoms with E-state index in [0.29, 0.717) is 0 Å². The van der Waals surface area contributed by atoms with Gasteiger partial charge in [0.05, 0.1) is 18.2 Å². The third-order valence-electron chi connectivity index (χ3n) is 3.62. The van der Waals surface area contributed by atoms with Crippen LogP contribution >= 0.6 is 0 Å². The van der Waals surface area contributed by atoms with Gasteiger partial charge in [0.25, 0.3) is 12.3 Å². The second kappa shape index (κ2) is 5.99. The van der Waals surface area contributed by atoms with E-state index in [2.05, 4.69) is 9.72 Å². The molecule has 24 heavy (non-hydrogen) atoms. The van der Waals surface area contributed by atoms with Crippen molar-refractivity contribution in [1.29, 1.82) is 0 Å². The zero-order chi connectivity index (χ0) is 18.4. The van der Waals surface area contributed by atoms with E-state index in [4.69, 9.17) is 0 Å². The van der Waals surface area contributed by atoms with Crippen LogP contribution in [0.15, 0.2) is 0 Å². The van der Waals surface area contributed by atoms with Crippen molar-refractivity contribution in [2.24, 2.45) is 0 Å². The number of fused-ring (bicyclic) bond motifs is 1. The number of ether oxygens (including phenoxy) is 1. The van der Waals surface area contributed by atoms with Crippen molar-refractivity contribution in [3.63, 3.8) is 0 Å². The summed E-state index contributed by atoms with van der Waals surface area (Å²) in [6, 6.07) is -0.463. The fourth-order valence-electron chi connectivity index (χ4n) is 2.54. The van der Waals surface area contributed by atoms with Crippen molar-refractivity contribution in [2.75, 3.05) is 7.11 Å². The van der Waals surface area contributed by atoms with Gasteiger partial charge in [0.2, 0.25) is 0 Å². The average Bonchev–Trinajstić information content (AvgIpc) is 2.81. The Labute approximate surface area is 133 Å². The van der Waals surface area contributed by atoms with Crippen LogP contribution in [0.4, 0.5) is 22.0 Å². The largest absolute Gasteiger partial charge is 0.465 e. The number of methoxy groups -OCH3 is 1. The lowest BCUT2D eigenvalue weighted by Crippen LogP contribution is -2.31. The van der Waals surface area contributed by atoms with E-state index < -0.39 is 65.1 Å². The molecule has 0 fully saturated rings. The summed E-state index contributed by atoms with van der Waals surface area (Å²) in [5.41, 5.74) is -5.15. The predicted molar refractivity (Wildman–Crippen MR) is 70.5 cm³/mol. The Kier molecular flexibility index (Phi) is 4.51. The van der Waals surface area contributed by atoms with Gasteiger partial charge in [-0.3, -0.25) is 4.79 Å².